The van der Waals surface area contributed by atoms with Gasteiger partial charge < -0.3 is 10.2 Å². The normalized spacial score (nSPS) is 17.0. The fraction of sp³-hybridized carbons (Fsp3) is 0.296. The van der Waals surface area contributed by atoms with Gasteiger partial charge in [0.1, 0.15) is 30.3 Å². The summed E-state index contributed by atoms with van der Waals surface area (Å²) in [6.07, 6.45) is 1.85. The van der Waals surface area contributed by atoms with Gasteiger partial charge in [-0.2, -0.15) is 5.10 Å². The number of aromatic nitrogens is 5. The summed E-state index contributed by atoms with van der Waals surface area (Å²) in [6, 6.07) is 9.54. The van der Waals surface area contributed by atoms with Crippen LogP contribution in [0.5, 0.6) is 0 Å². The summed E-state index contributed by atoms with van der Waals surface area (Å²) < 4.78 is 15.9. The van der Waals surface area contributed by atoms with Gasteiger partial charge in [0, 0.05) is 35.8 Å². The fourth-order valence-electron chi connectivity index (χ4n) is 4.62. The number of alkyl halides is 2. The second-order valence-electron chi connectivity index (χ2n) is 9.37. The van der Waals surface area contributed by atoms with Gasteiger partial charge in [-0.25, -0.2) is 9.37 Å². The topological polar surface area (TPSA) is 123 Å². The molecule has 10 nitrogen and oxygen atoms in total. The van der Waals surface area contributed by atoms with Crippen LogP contribution in [0.25, 0.3) is 22.2 Å². The summed E-state index contributed by atoms with van der Waals surface area (Å²) in [5, 5.41) is 8.17. The van der Waals surface area contributed by atoms with Crippen LogP contribution >= 0.6 is 15.9 Å². The van der Waals surface area contributed by atoms with Crippen molar-refractivity contribution in [3.63, 3.8) is 0 Å². The molecule has 1 fully saturated rings. The maximum atomic E-state index is 14.5. The summed E-state index contributed by atoms with van der Waals surface area (Å²) in [5.74, 6) is -0.935. The van der Waals surface area contributed by atoms with Gasteiger partial charge in [0.2, 0.25) is 11.8 Å². The molecule has 0 aliphatic carbocycles. The number of amides is 2. The van der Waals surface area contributed by atoms with Crippen molar-refractivity contribution in [1.29, 1.82) is 0 Å². The van der Waals surface area contributed by atoms with Crippen LogP contribution in [0, 0.1) is 6.92 Å². The third-order valence-electron chi connectivity index (χ3n) is 6.51. The lowest BCUT2D eigenvalue weighted by atomic mass is 10.1. The Morgan fingerprint density at radius 1 is 1.15 bits per heavy atom. The number of hydrogen-bond acceptors (Lipinski definition) is 7. The molecule has 39 heavy (non-hydrogen) atoms. The summed E-state index contributed by atoms with van der Waals surface area (Å²) in [7, 11) is 0. The zero-order valence-corrected chi connectivity index (χ0v) is 22.9. The molecule has 4 aromatic rings. The van der Waals surface area contributed by atoms with Gasteiger partial charge in [-0.1, -0.05) is 28.1 Å². The molecule has 5 rings (SSSR count). The van der Waals surface area contributed by atoms with Gasteiger partial charge in [-0.3, -0.25) is 29.0 Å². The number of anilines is 1. The third-order valence-corrected chi connectivity index (χ3v) is 7.09. The minimum Gasteiger partial charge on any atom is -0.326 e. The van der Waals surface area contributed by atoms with E-state index in [4.69, 9.17) is 0 Å². The maximum Gasteiger partial charge on any atom is 0.248 e. The molecule has 0 saturated carbocycles. The van der Waals surface area contributed by atoms with Gasteiger partial charge in [0.15, 0.2) is 5.78 Å². The molecule has 12 heteroatoms. The second kappa shape index (κ2) is 11.0. The molecule has 0 spiro atoms. The van der Waals surface area contributed by atoms with E-state index < -0.39 is 24.0 Å². The molecule has 1 aromatic carbocycles. The van der Waals surface area contributed by atoms with Crippen molar-refractivity contribution in [3.8, 4) is 11.3 Å². The molecule has 2 amide bonds. The Balaban J connectivity index is 1.40. The van der Waals surface area contributed by atoms with Gasteiger partial charge in [-0.15, -0.1) is 0 Å². The first-order valence-corrected chi connectivity index (χ1v) is 13.4. The molecule has 2 atom stereocenters. The minimum atomic E-state index is -1.34. The molecule has 4 heterocycles. The van der Waals surface area contributed by atoms with Crippen molar-refractivity contribution in [3.05, 3.63) is 65.9 Å². The summed E-state index contributed by atoms with van der Waals surface area (Å²) in [6.45, 7) is 2.77. The van der Waals surface area contributed by atoms with E-state index in [2.05, 4.69) is 41.3 Å². The van der Waals surface area contributed by atoms with Crippen molar-refractivity contribution in [1.82, 2.24) is 29.6 Å². The SMILES string of the molecule is CC(=O)c1nn(CC(=O)N2C[C@H](F)C[C@H]2C(=O)Nc2cccc(CBr)n2)c2ccc(-c3cnc(C)cn3)cc12. The molecular weight excluding hydrogens is 569 g/mol. The second-order valence-corrected chi connectivity index (χ2v) is 9.93. The highest BCUT2D eigenvalue weighted by atomic mass is 79.9. The molecule has 0 radical (unpaired) electrons. The van der Waals surface area contributed by atoms with Crippen LogP contribution in [-0.4, -0.2) is 66.0 Å². The van der Waals surface area contributed by atoms with Crippen molar-refractivity contribution in [2.75, 3.05) is 11.9 Å². The number of likely N-dealkylation sites (tertiary alicyclic amines) is 1. The molecule has 3 aromatic heterocycles. The van der Waals surface area contributed by atoms with E-state index in [1.54, 1.807) is 42.7 Å². The summed E-state index contributed by atoms with van der Waals surface area (Å²) >= 11 is 3.33. The number of benzene rings is 1. The number of hydrogen-bond donors (Lipinski definition) is 1. The summed E-state index contributed by atoms with van der Waals surface area (Å²) in [4.78, 5) is 53.0. The van der Waals surface area contributed by atoms with E-state index in [1.807, 2.05) is 13.0 Å². The first-order chi connectivity index (χ1) is 18.7. The van der Waals surface area contributed by atoms with Gasteiger partial charge >= 0.3 is 0 Å². The number of carbonyl (C=O) groups excluding carboxylic acids is 3. The number of Topliss-reactive ketones (excluding diaryl/α,β-unsaturated/α-hetero) is 1. The fourth-order valence-corrected chi connectivity index (χ4v) is 4.93. The molecule has 200 valence electrons. The van der Waals surface area contributed by atoms with Crippen LogP contribution in [0.1, 0.15) is 35.2 Å². The van der Waals surface area contributed by atoms with Crippen molar-refractivity contribution < 1.29 is 18.8 Å². The highest BCUT2D eigenvalue weighted by Crippen LogP contribution is 2.27. The largest absolute Gasteiger partial charge is 0.326 e. The molecule has 1 aliphatic rings. The Labute approximate surface area is 231 Å². The molecular formula is C27H25BrFN7O3. The Bertz CT molecular complexity index is 1570. The molecule has 0 unspecified atom stereocenters. The Kier molecular flexibility index (Phi) is 7.47. The number of rotatable bonds is 7. The van der Waals surface area contributed by atoms with E-state index >= 15 is 0 Å². The number of ketones is 1. The average molecular weight is 594 g/mol. The zero-order chi connectivity index (χ0) is 27.7. The van der Waals surface area contributed by atoms with Crippen LogP contribution in [-0.2, 0) is 21.5 Å². The number of pyridine rings is 1. The lowest BCUT2D eigenvalue weighted by Crippen LogP contribution is -2.44. The number of aryl methyl sites for hydroxylation is 1. The Hall–Kier alpha value is -4.06. The number of halogens is 2. The summed E-state index contributed by atoms with van der Waals surface area (Å²) in [5.41, 5.74) is 3.65. The lowest BCUT2D eigenvalue weighted by molar-refractivity contribution is -0.137. The predicted octanol–water partition coefficient (Wildman–Crippen LogP) is 3.87. The highest BCUT2D eigenvalue weighted by molar-refractivity contribution is 9.08. The van der Waals surface area contributed by atoms with Gasteiger partial charge in [0.25, 0.3) is 0 Å². The highest BCUT2D eigenvalue weighted by Gasteiger charge is 2.40. The van der Waals surface area contributed by atoms with E-state index in [9.17, 15) is 18.8 Å². The minimum absolute atomic E-state index is 0.116. The lowest BCUT2D eigenvalue weighted by Gasteiger charge is -2.23. The molecule has 1 saturated heterocycles. The smallest absolute Gasteiger partial charge is 0.248 e. The van der Waals surface area contributed by atoms with Crippen molar-refractivity contribution >= 4 is 50.2 Å². The van der Waals surface area contributed by atoms with E-state index in [0.717, 1.165) is 17.0 Å². The average Bonchev–Trinajstić information content (AvgIpc) is 3.49. The van der Waals surface area contributed by atoms with Crippen molar-refractivity contribution in [2.24, 2.45) is 0 Å². The zero-order valence-electron chi connectivity index (χ0n) is 21.3. The monoisotopic (exact) mass is 593 g/mol. The van der Waals surface area contributed by atoms with Gasteiger partial charge in [-0.05, 0) is 31.2 Å². The number of nitrogens with one attached hydrogen (secondary N) is 1. The number of carbonyl (C=O) groups is 3. The molecule has 1 aliphatic heterocycles. The first-order valence-electron chi connectivity index (χ1n) is 12.3. The van der Waals surface area contributed by atoms with Crippen LogP contribution < -0.4 is 5.32 Å². The predicted molar refractivity (Wildman–Crippen MR) is 146 cm³/mol. The van der Waals surface area contributed by atoms with Crippen molar-refractivity contribution in [2.45, 2.75) is 44.4 Å². The first kappa shape index (κ1) is 26.5. The van der Waals surface area contributed by atoms with Crippen LogP contribution in [0.2, 0.25) is 0 Å². The third kappa shape index (κ3) is 5.56. The molecule has 1 N–H and O–H groups in total. The van der Waals surface area contributed by atoms with E-state index in [1.165, 1.54) is 16.5 Å². The van der Waals surface area contributed by atoms with Crippen LogP contribution in [0.4, 0.5) is 10.2 Å². The quantitative estimate of drug-likeness (QED) is 0.255. The van der Waals surface area contributed by atoms with Gasteiger partial charge in [0.05, 0.1) is 35.3 Å². The van der Waals surface area contributed by atoms with E-state index in [0.29, 0.717) is 27.7 Å². The molecule has 0 bridgehead atoms. The van der Waals surface area contributed by atoms with Crippen LogP contribution in [0.3, 0.4) is 0 Å². The number of fused-ring (bicyclic) bond motifs is 1. The van der Waals surface area contributed by atoms with Crippen LogP contribution in [0.15, 0.2) is 48.8 Å². The maximum absolute atomic E-state index is 14.5. The standard InChI is InChI=1S/C27H25BrFN7O3/c1-15-11-31-21(12-30-15)17-6-7-22-20(8-17)26(16(2)37)34-36(22)14-25(38)35-13-18(29)9-23(35)27(39)33-24-5-3-4-19(10-28)32-24/h3-8,11-12,18,23H,9-10,13-14H2,1-2H3,(H,32,33,39)/t18-,23+/m1/s1. The Morgan fingerprint density at radius 2 is 1.97 bits per heavy atom. The van der Waals surface area contributed by atoms with E-state index in [-0.39, 0.29) is 31.0 Å². The Morgan fingerprint density at radius 3 is 2.69 bits per heavy atom. The number of nitrogens with zero attached hydrogens (tertiary/aromatic N) is 6.